The topological polar surface area (TPSA) is 141 Å². The Bertz CT molecular complexity index is 952. The molecule has 0 radical (unpaired) electrons. The highest BCUT2D eigenvalue weighted by Gasteiger charge is 2.40. The molecule has 1 unspecified atom stereocenters. The van der Waals surface area contributed by atoms with Crippen molar-refractivity contribution in [2.75, 3.05) is 52.0 Å². The lowest BCUT2D eigenvalue weighted by Gasteiger charge is -2.24. The molecule has 0 fully saturated rings. The Morgan fingerprint density at radius 1 is 1.19 bits per heavy atom. The highest BCUT2D eigenvalue weighted by molar-refractivity contribution is 8.16. The smallest absolute Gasteiger partial charge is 0.339 e. The van der Waals surface area contributed by atoms with Crippen LogP contribution in [-0.2, 0) is 19.0 Å². The van der Waals surface area contributed by atoms with Gasteiger partial charge in [-0.2, -0.15) is 0 Å². The van der Waals surface area contributed by atoms with Gasteiger partial charge >= 0.3 is 5.63 Å². The molecule has 0 aromatic carbocycles. The maximum atomic E-state index is 13.1. The van der Waals surface area contributed by atoms with E-state index in [1.807, 2.05) is 13.8 Å². The van der Waals surface area contributed by atoms with Crippen molar-refractivity contribution >= 4 is 28.4 Å². The standard InChI is InChI=1S/C24H37N3O8S/c1-5-7-19(25-23(29)24(4)16-36-22(26-24)17(3)27-30)20-14-18(15-21(28)35-20)34-13-12-33-11-10-32-9-8-31-6-2/h14-15,19,30H,5-13,16H2,1-4H3,(H,25,29)/b27-17+/t19-,24?/m1/s1. The second-order valence-electron chi connectivity index (χ2n) is 8.26. The predicted molar refractivity (Wildman–Crippen MR) is 138 cm³/mol. The molecule has 2 atom stereocenters. The SMILES string of the molecule is CCC[C@@H](NC(=O)C1(C)CSC(/C(C)=N/O)=N1)c1cc(OCCOCCOCCOCC)cc(=O)o1. The van der Waals surface area contributed by atoms with Gasteiger partial charge in [-0.05, 0) is 27.2 Å². The van der Waals surface area contributed by atoms with E-state index in [4.69, 9.17) is 28.6 Å². The van der Waals surface area contributed by atoms with Crippen molar-refractivity contribution < 1.29 is 33.4 Å². The van der Waals surface area contributed by atoms with Crippen molar-refractivity contribution in [3.05, 3.63) is 28.3 Å². The fourth-order valence-corrected chi connectivity index (χ4v) is 4.39. The predicted octanol–water partition coefficient (Wildman–Crippen LogP) is 2.80. The Kier molecular flexibility index (Phi) is 13.0. The van der Waals surface area contributed by atoms with Crippen LogP contribution < -0.4 is 15.7 Å². The van der Waals surface area contributed by atoms with Gasteiger partial charge in [0.25, 0.3) is 0 Å². The van der Waals surface area contributed by atoms with Crippen LogP contribution in [0.25, 0.3) is 0 Å². The summed E-state index contributed by atoms with van der Waals surface area (Å²) >= 11 is 1.35. The normalized spacial score (nSPS) is 18.7. The van der Waals surface area contributed by atoms with Crippen molar-refractivity contribution in [1.82, 2.24) is 5.32 Å². The second kappa shape index (κ2) is 15.6. The molecule has 1 amide bonds. The minimum absolute atomic E-state index is 0.241. The van der Waals surface area contributed by atoms with Gasteiger partial charge in [0.1, 0.15) is 34.4 Å². The molecule has 0 saturated carbocycles. The van der Waals surface area contributed by atoms with Gasteiger partial charge in [0.15, 0.2) is 0 Å². The number of nitrogens with zero attached hydrogens (tertiary/aromatic N) is 2. The number of rotatable bonds is 17. The van der Waals surface area contributed by atoms with Gasteiger partial charge in [-0.1, -0.05) is 18.5 Å². The van der Waals surface area contributed by atoms with Crippen molar-refractivity contribution in [3.8, 4) is 5.75 Å². The number of carbonyl (C=O) groups is 1. The van der Waals surface area contributed by atoms with E-state index in [2.05, 4.69) is 15.5 Å². The Morgan fingerprint density at radius 3 is 2.50 bits per heavy atom. The zero-order valence-corrected chi connectivity index (χ0v) is 22.2. The number of aliphatic imine (C=N–C) groups is 1. The number of ether oxygens (including phenoxy) is 4. The van der Waals surface area contributed by atoms with Gasteiger partial charge in [-0.25, -0.2) is 4.79 Å². The number of nitrogens with one attached hydrogen (secondary N) is 1. The molecular weight excluding hydrogens is 490 g/mol. The lowest BCUT2D eigenvalue weighted by molar-refractivity contribution is -0.125. The third-order valence-corrected chi connectivity index (χ3v) is 6.59. The van der Waals surface area contributed by atoms with E-state index in [-0.39, 0.29) is 12.5 Å². The fraction of sp³-hybridized carbons (Fsp3) is 0.667. The molecule has 0 spiro atoms. The van der Waals surface area contributed by atoms with Crippen LogP contribution in [0.5, 0.6) is 5.75 Å². The van der Waals surface area contributed by atoms with Crippen LogP contribution in [0.1, 0.15) is 52.3 Å². The summed E-state index contributed by atoms with van der Waals surface area (Å²) in [5.41, 5.74) is -1.24. The van der Waals surface area contributed by atoms with Gasteiger partial charge in [0.2, 0.25) is 5.91 Å². The molecule has 0 saturated heterocycles. The van der Waals surface area contributed by atoms with Crippen molar-refractivity contribution in [1.29, 1.82) is 0 Å². The summed E-state index contributed by atoms with van der Waals surface area (Å²) in [6.45, 7) is 10.4. The van der Waals surface area contributed by atoms with Gasteiger partial charge < -0.3 is 33.9 Å². The average Bonchev–Trinajstić information content (AvgIpc) is 3.27. The second-order valence-corrected chi connectivity index (χ2v) is 9.23. The van der Waals surface area contributed by atoms with E-state index >= 15 is 0 Å². The molecular formula is C24H37N3O8S. The van der Waals surface area contributed by atoms with Crippen LogP contribution >= 0.6 is 11.8 Å². The number of thioether (sulfide) groups is 1. The van der Waals surface area contributed by atoms with E-state index in [9.17, 15) is 9.59 Å². The first kappa shape index (κ1) is 29.8. The van der Waals surface area contributed by atoms with Crippen LogP contribution in [0.15, 0.2) is 31.5 Å². The van der Waals surface area contributed by atoms with E-state index < -0.39 is 17.2 Å². The number of oxime groups is 1. The summed E-state index contributed by atoms with van der Waals surface area (Å²) in [5, 5.41) is 15.6. The molecule has 1 aliphatic heterocycles. The monoisotopic (exact) mass is 527 g/mol. The summed E-state index contributed by atoms with van der Waals surface area (Å²) in [5.74, 6) is 0.749. The summed E-state index contributed by atoms with van der Waals surface area (Å²) in [7, 11) is 0. The lowest BCUT2D eigenvalue weighted by Crippen LogP contribution is -2.45. The third kappa shape index (κ3) is 9.57. The minimum atomic E-state index is -1.03. The molecule has 0 bridgehead atoms. The highest BCUT2D eigenvalue weighted by atomic mass is 32.2. The molecule has 2 rings (SSSR count). The molecule has 36 heavy (non-hydrogen) atoms. The van der Waals surface area contributed by atoms with Crippen LogP contribution in [0.2, 0.25) is 0 Å². The quantitative estimate of drug-likeness (QED) is 0.135. The fourth-order valence-electron chi connectivity index (χ4n) is 3.26. The largest absolute Gasteiger partial charge is 0.491 e. The Morgan fingerprint density at radius 2 is 1.86 bits per heavy atom. The zero-order valence-electron chi connectivity index (χ0n) is 21.4. The third-order valence-electron chi connectivity index (χ3n) is 5.22. The van der Waals surface area contributed by atoms with Crippen LogP contribution in [0, 0.1) is 0 Å². The van der Waals surface area contributed by atoms with Crippen LogP contribution in [0.3, 0.4) is 0 Å². The molecule has 11 nitrogen and oxygen atoms in total. The Balaban J connectivity index is 1.92. The molecule has 1 aromatic rings. The first-order chi connectivity index (χ1) is 17.3. The van der Waals surface area contributed by atoms with E-state index in [1.165, 1.54) is 17.8 Å². The Labute approximate surface area is 215 Å². The van der Waals surface area contributed by atoms with Gasteiger partial charge in [-0.15, -0.1) is 11.8 Å². The van der Waals surface area contributed by atoms with Gasteiger partial charge in [-0.3, -0.25) is 9.79 Å². The highest BCUT2D eigenvalue weighted by Crippen LogP contribution is 2.30. The van der Waals surface area contributed by atoms with E-state index in [0.717, 1.165) is 6.42 Å². The lowest BCUT2D eigenvalue weighted by atomic mass is 10.0. The molecule has 0 aliphatic carbocycles. The first-order valence-electron chi connectivity index (χ1n) is 12.1. The van der Waals surface area contributed by atoms with Crippen LogP contribution in [-0.4, -0.2) is 79.4 Å². The van der Waals surface area contributed by atoms with Crippen LogP contribution in [0.4, 0.5) is 0 Å². The number of hydrogen-bond acceptors (Lipinski definition) is 11. The summed E-state index contributed by atoms with van der Waals surface area (Å²) in [4.78, 5) is 29.7. The maximum absolute atomic E-state index is 13.1. The molecule has 2 N–H and O–H groups in total. The number of amides is 1. The van der Waals surface area contributed by atoms with Crippen molar-refractivity contribution in [3.63, 3.8) is 0 Å². The Hall–Kier alpha value is -2.41. The van der Waals surface area contributed by atoms with E-state index in [1.54, 1.807) is 19.9 Å². The van der Waals surface area contributed by atoms with Gasteiger partial charge in [0.05, 0.1) is 45.1 Å². The number of carbonyl (C=O) groups excluding carboxylic acids is 1. The minimum Gasteiger partial charge on any atom is -0.491 e. The summed E-state index contributed by atoms with van der Waals surface area (Å²) in [6.07, 6.45) is 1.30. The molecule has 202 valence electrons. The molecule has 12 heteroatoms. The van der Waals surface area contributed by atoms with Crippen molar-refractivity contribution in [2.24, 2.45) is 10.1 Å². The maximum Gasteiger partial charge on any atom is 0.339 e. The van der Waals surface area contributed by atoms with E-state index in [0.29, 0.717) is 74.1 Å². The summed E-state index contributed by atoms with van der Waals surface area (Å²) < 4.78 is 27.1. The summed E-state index contributed by atoms with van der Waals surface area (Å²) in [6, 6.07) is 2.34. The zero-order chi connectivity index (χ0) is 26.4. The first-order valence-corrected chi connectivity index (χ1v) is 13.0. The molecule has 1 aromatic heterocycles. The average molecular weight is 528 g/mol. The number of hydrogen-bond donors (Lipinski definition) is 2. The molecule has 2 heterocycles. The van der Waals surface area contributed by atoms with Gasteiger partial charge in [0, 0.05) is 18.4 Å². The van der Waals surface area contributed by atoms with Crippen molar-refractivity contribution in [2.45, 2.75) is 52.1 Å². The molecule has 1 aliphatic rings.